The lowest BCUT2D eigenvalue weighted by Gasteiger charge is -2.15. The van der Waals surface area contributed by atoms with E-state index in [-0.39, 0.29) is 11.5 Å². The second-order valence-electron chi connectivity index (χ2n) is 8.12. The third-order valence-electron chi connectivity index (χ3n) is 5.88. The first-order chi connectivity index (χ1) is 15.0. The highest BCUT2D eigenvalue weighted by atomic mass is 35.5. The van der Waals surface area contributed by atoms with Gasteiger partial charge in [0.25, 0.3) is 5.56 Å². The fourth-order valence-electron chi connectivity index (χ4n) is 4.26. The zero-order valence-electron chi connectivity index (χ0n) is 17.3. The lowest BCUT2D eigenvalue weighted by molar-refractivity contribution is 0.310. The van der Waals surface area contributed by atoms with E-state index >= 15 is 0 Å². The fraction of sp³-hybridized carbons (Fsp3) is 0.318. The molecule has 0 aliphatic carbocycles. The summed E-state index contributed by atoms with van der Waals surface area (Å²) in [5.74, 6) is 2.49. The van der Waals surface area contributed by atoms with Crippen molar-refractivity contribution in [2.45, 2.75) is 26.3 Å². The van der Waals surface area contributed by atoms with Gasteiger partial charge in [-0.15, -0.1) is 0 Å². The summed E-state index contributed by atoms with van der Waals surface area (Å²) in [5.41, 5.74) is 2.10. The molecule has 1 aliphatic rings. The monoisotopic (exact) mass is 435 g/mol. The first-order valence-corrected chi connectivity index (χ1v) is 10.6. The molecule has 9 heteroatoms. The van der Waals surface area contributed by atoms with E-state index in [0.29, 0.717) is 34.7 Å². The molecule has 0 bridgehead atoms. The number of halogens is 1. The number of aromatic nitrogens is 6. The van der Waals surface area contributed by atoms with Crippen LogP contribution in [0, 0.1) is 12.8 Å². The Balaban J connectivity index is 1.51. The second-order valence-corrected chi connectivity index (χ2v) is 8.56. The smallest absolute Gasteiger partial charge is 0.276 e. The minimum atomic E-state index is -0.194. The van der Waals surface area contributed by atoms with Gasteiger partial charge >= 0.3 is 0 Å². The maximum atomic E-state index is 12.8. The average molecular weight is 436 g/mol. The molecule has 1 N–H and O–H groups in total. The van der Waals surface area contributed by atoms with E-state index in [1.807, 2.05) is 31.2 Å². The molecule has 1 fully saturated rings. The van der Waals surface area contributed by atoms with Gasteiger partial charge in [0, 0.05) is 42.0 Å². The van der Waals surface area contributed by atoms with Gasteiger partial charge in [0.15, 0.2) is 11.3 Å². The second kappa shape index (κ2) is 7.86. The number of rotatable bonds is 4. The van der Waals surface area contributed by atoms with Crippen molar-refractivity contribution in [1.29, 1.82) is 0 Å². The van der Waals surface area contributed by atoms with Gasteiger partial charge in [-0.1, -0.05) is 24.6 Å². The van der Waals surface area contributed by atoms with E-state index in [9.17, 15) is 4.79 Å². The van der Waals surface area contributed by atoms with Crippen molar-refractivity contribution in [3.8, 4) is 11.4 Å². The van der Waals surface area contributed by atoms with Crippen LogP contribution in [0.25, 0.3) is 16.9 Å². The number of likely N-dealkylation sites (tertiary alicyclic amines) is 1. The van der Waals surface area contributed by atoms with Crippen molar-refractivity contribution in [2.75, 3.05) is 13.1 Å². The van der Waals surface area contributed by atoms with Crippen molar-refractivity contribution < 1.29 is 0 Å². The summed E-state index contributed by atoms with van der Waals surface area (Å²) in [5, 5.41) is 5.43. The molecule has 0 radical (unpaired) electrons. The van der Waals surface area contributed by atoms with Gasteiger partial charge in [0.05, 0.1) is 12.7 Å². The number of aromatic amines is 1. The predicted octanol–water partition coefficient (Wildman–Crippen LogP) is 3.07. The molecule has 5 rings (SSSR count). The number of nitrogens with one attached hydrogen (secondary N) is 1. The summed E-state index contributed by atoms with van der Waals surface area (Å²) in [6, 6.07) is 7.45. The van der Waals surface area contributed by atoms with Crippen LogP contribution in [0.2, 0.25) is 5.02 Å². The number of hydrogen-bond donors (Lipinski definition) is 1. The SMILES string of the molecule is Cc1ccc(Cl)cc1-c1ncc2c(=O)[nH]c(C3CN(Cc4ncccn4)CC3C)nn12. The molecule has 4 heterocycles. The molecule has 1 aromatic carbocycles. The van der Waals surface area contributed by atoms with Crippen molar-refractivity contribution in [2.24, 2.45) is 5.92 Å². The predicted molar refractivity (Wildman–Crippen MR) is 118 cm³/mol. The number of imidazole rings is 1. The van der Waals surface area contributed by atoms with Crippen molar-refractivity contribution >= 4 is 17.1 Å². The van der Waals surface area contributed by atoms with Crippen molar-refractivity contribution in [3.05, 3.63) is 75.4 Å². The van der Waals surface area contributed by atoms with Gasteiger partial charge in [0.2, 0.25) is 0 Å². The zero-order valence-corrected chi connectivity index (χ0v) is 18.0. The normalized spacial score (nSPS) is 19.3. The van der Waals surface area contributed by atoms with Gasteiger partial charge in [-0.05, 0) is 36.6 Å². The van der Waals surface area contributed by atoms with E-state index in [0.717, 1.165) is 30.0 Å². The van der Waals surface area contributed by atoms with Crippen LogP contribution in [0.15, 0.2) is 47.7 Å². The first kappa shape index (κ1) is 19.8. The Kier molecular flexibility index (Phi) is 5.03. The highest BCUT2D eigenvalue weighted by molar-refractivity contribution is 6.30. The van der Waals surface area contributed by atoms with Crippen molar-refractivity contribution in [1.82, 2.24) is 34.4 Å². The summed E-state index contributed by atoms with van der Waals surface area (Å²) in [4.78, 5) is 31.2. The van der Waals surface area contributed by atoms with Gasteiger partial charge in [-0.25, -0.2) is 19.5 Å². The Bertz CT molecular complexity index is 1300. The lowest BCUT2D eigenvalue weighted by Crippen LogP contribution is -2.23. The maximum absolute atomic E-state index is 12.8. The molecule has 3 aromatic heterocycles. The highest BCUT2D eigenvalue weighted by Crippen LogP contribution is 2.31. The number of benzene rings is 1. The van der Waals surface area contributed by atoms with E-state index in [1.165, 1.54) is 0 Å². The van der Waals surface area contributed by atoms with Gasteiger partial charge in [-0.3, -0.25) is 9.69 Å². The minimum Gasteiger partial charge on any atom is -0.307 e. The Morgan fingerprint density at radius 3 is 2.81 bits per heavy atom. The standard InChI is InChI=1S/C22H22ClN7O/c1-13-4-5-15(23)8-16(13)21-26-9-18-22(31)27-20(28-30(18)21)17-11-29(10-14(17)2)12-19-24-6-3-7-25-19/h3-9,14,17H,10-12H2,1-2H3,(H,27,28,31). The Hall–Kier alpha value is -3.10. The van der Waals surface area contributed by atoms with Crippen LogP contribution < -0.4 is 5.56 Å². The van der Waals surface area contributed by atoms with Gasteiger partial charge in [-0.2, -0.15) is 5.10 Å². The quantitative estimate of drug-likeness (QED) is 0.529. The molecule has 2 unspecified atom stereocenters. The summed E-state index contributed by atoms with van der Waals surface area (Å²) in [7, 11) is 0. The number of H-pyrrole nitrogens is 1. The largest absolute Gasteiger partial charge is 0.307 e. The number of hydrogen-bond acceptors (Lipinski definition) is 6. The lowest BCUT2D eigenvalue weighted by atomic mass is 9.97. The van der Waals surface area contributed by atoms with Crippen LogP contribution in [0.4, 0.5) is 0 Å². The summed E-state index contributed by atoms with van der Waals surface area (Å²) < 4.78 is 1.64. The Labute approximate surface area is 184 Å². The molecule has 2 atom stereocenters. The topological polar surface area (TPSA) is 92.1 Å². The molecule has 0 amide bonds. The molecule has 1 aliphatic heterocycles. The van der Waals surface area contributed by atoms with E-state index < -0.39 is 0 Å². The molecule has 4 aromatic rings. The van der Waals surface area contributed by atoms with Crippen LogP contribution in [0.5, 0.6) is 0 Å². The van der Waals surface area contributed by atoms with Crippen LogP contribution in [-0.2, 0) is 6.54 Å². The Morgan fingerprint density at radius 1 is 1.19 bits per heavy atom. The van der Waals surface area contributed by atoms with Gasteiger partial charge in [0.1, 0.15) is 11.6 Å². The van der Waals surface area contributed by atoms with Crippen LogP contribution in [0.3, 0.4) is 0 Å². The molecule has 0 saturated carbocycles. The summed E-state index contributed by atoms with van der Waals surface area (Å²) >= 11 is 6.21. The zero-order chi connectivity index (χ0) is 21.5. The van der Waals surface area contributed by atoms with Crippen LogP contribution in [0.1, 0.15) is 30.1 Å². The van der Waals surface area contributed by atoms with Crippen molar-refractivity contribution in [3.63, 3.8) is 0 Å². The molecular formula is C22H22ClN7O. The van der Waals surface area contributed by atoms with E-state index in [2.05, 4.69) is 31.8 Å². The molecule has 8 nitrogen and oxygen atoms in total. The third kappa shape index (κ3) is 3.73. The molecule has 1 saturated heterocycles. The number of nitrogens with zero attached hydrogens (tertiary/aromatic N) is 6. The third-order valence-corrected chi connectivity index (χ3v) is 6.12. The minimum absolute atomic E-state index is 0.0940. The molecule has 31 heavy (non-hydrogen) atoms. The Morgan fingerprint density at radius 2 is 2.00 bits per heavy atom. The highest BCUT2D eigenvalue weighted by Gasteiger charge is 2.33. The van der Waals surface area contributed by atoms with Gasteiger partial charge < -0.3 is 4.98 Å². The van der Waals surface area contributed by atoms with Crippen LogP contribution in [-0.4, -0.2) is 47.5 Å². The maximum Gasteiger partial charge on any atom is 0.276 e. The molecule has 158 valence electrons. The number of aryl methyl sites for hydroxylation is 1. The average Bonchev–Trinajstić information content (AvgIpc) is 3.34. The van der Waals surface area contributed by atoms with E-state index in [4.69, 9.17) is 16.7 Å². The molecular weight excluding hydrogens is 414 g/mol. The summed E-state index contributed by atoms with van der Waals surface area (Å²) in [6.07, 6.45) is 5.07. The summed E-state index contributed by atoms with van der Waals surface area (Å²) in [6.45, 7) is 6.50. The van der Waals surface area contributed by atoms with Crippen LogP contribution >= 0.6 is 11.6 Å². The molecule has 0 spiro atoms. The first-order valence-electron chi connectivity index (χ1n) is 10.2. The van der Waals surface area contributed by atoms with E-state index in [1.54, 1.807) is 23.1 Å². The fourth-order valence-corrected chi connectivity index (χ4v) is 4.44. The number of fused-ring (bicyclic) bond motifs is 1.